The third-order valence-electron chi connectivity index (χ3n) is 4.67. The molecular weight excluding hydrogens is 415 g/mol. The smallest absolute Gasteiger partial charge is 0.191 e. The maximum Gasteiger partial charge on any atom is 0.191 e. The maximum absolute atomic E-state index is 5.35. The van der Waals surface area contributed by atoms with Crippen LogP contribution in [0, 0.1) is 5.92 Å². The van der Waals surface area contributed by atoms with Crippen molar-refractivity contribution in [2.24, 2.45) is 10.9 Å². The Kier molecular flexibility index (Phi) is 9.12. The van der Waals surface area contributed by atoms with Gasteiger partial charge >= 0.3 is 0 Å². The van der Waals surface area contributed by atoms with Crippen molar-refractivity contribution in [2.45, 2.75) is 45.6 Å². The fourth-order valence-corrected chi connectivity index (χ4v) is 3.13. The van der Waals surface area contributed by atoms with E-state index >= 15 is 0 Å². The first kappa shape index (κ1) is 21.3. The Morgan fingerprint density at radius 3 is 2.83 bits per heavy atom. The van der Waals surface area contributed by atoms with Crippen LogP contribution < -0.4 is 10.6 Å². The standard InChI is InChI=1S/C18H32N4O.HI/c1-15-7-5-11-22(13-15)18(2,3)14-21-17(19-4)20-10-9-16-8-6-12-23-16;/h6,8,12,15H,5,7,9-11,13-14H2,1-4H3,(H2,19,20,21);1H. The van der Waals surface area contributed by atoms with Crippen LogP contribution in [0.3, 0.4) is 0 Å². The van der Waals surface area contributed by atoms with Crippen LogP contribution >= 0.6 is 24.0 Å². The molecule has 138 valence electrons. The lowest BCUT2D eigenvalue weighted by atomic mass is 9.93. The van der Waals surface area contributed by atoms with E-state index in [4.69, 9.17) is 4.42 Å². The minimum Gasteiger partial charge on any atom is -0.469 e. The lowest BCUT2D eigenvalue weighted by Gasteiger charge is -2.43. The molecule has 1 unspecified atom stereocenters. The van der Waals surface area contributed by atoms with Crippen molar-refractivity contribution in [2.75, 3.05) is 33.2 Å². The van der Waals surface area contributed by atoms with E-state index < -0.39 is 0 Å². The molecule has 2 heterocycles. The molecule has 1 aliphatic rings. The molecule has 24 heavy (non-hydrogen) atoms. The first-order valence-corrected chi connectivity index (χ1v) is 8.73. The highest BCUT2D eigenvalue weighted by atomic mass is 127. The molecule has 0 amide bonds. The molecule has 0 aliphatic carbocycles. The molecule has 1 atom stereocenters. The molecule has 1 aromatic heterocycles. The monoisotopic (exact) mass is 448 g/mol. The van der Waals surface area contributed by atoms with Crippen LogP contribution in [-0.4, -0.2) is 49.6 Å². The average Bonchev–Trinajstić information content (AvgIpc) is 3.04. The second-order valence-corrected chi connectivity index (χ2v) is 7.19. The number of guanidine groups is 1. The summed E-state index contributed by atoms with van der Waals surface area (Å²) in [4.78, 5) is 6.92. The molecule has 0 radical (unpaired) electrons. The molecule has 0 bridgehead atoms. The number of nitrogens with zero attached hydrogens (tertiary/aromatic N) is 2. The van der Waals surface area contributed by atoms with Gasteiger partial charge in [-0.05, 0) is 51.3 Å². The average molecular weight is 448 g/mol. The van der Waals surface area contributed by atoms with E-state index in [0.717, 1.165) is 37.1 Å². The molecule has 1 aliphatic heterocycles. The summed E-state index contributed by atoms with van der Waals surface area (Å²) in [7, 11) is 1.82. The van der Waals surface area contributed by atoms with Crippen LogP contribution in [0.1, 0.15) is 39.4 Å². The van der Waals surface area contributed by atoms with Gasteiger partial charge in [0.15, 0.2) is 5.96 Å². The number of piperidine rings is 1. The number of furan rings is 1. The van der Waals surface area contributed by atoms with Gasteiger partial charge in [0.25, 0.3) is 0 Å². The van der Waals surface area contributed by atoms with Gasteiger partial charge in [-0.15, -0.1) is 24.0 Å². The number of rotatable bonds is 6. The molecule has 1 aromatic rings. The number of halogens is 1. The van der Waals surface area contributed by atoms with Gasteiger partial charge in [0, 0.05) is 38.6 Å². The Hall–Kier alpha value is -0.760. The number of likely N-dealkylation sites (tertiary alicyclic amines) is 1. The highest BCUT2D eigenvalue weighted by Crippen LogP contribution is 2.23. The summed E-state index contributed by atoms with van der Waals surface area (Å²) < 4.78 is 5.35. The van der Waals surface area contributed by atoms with Gasteiger partial charge in [0.2, 0.25) is 0 Å². The summed E-state index contributed by atoms with van der Waals surface area (Å²) in [5.41, 5.74) is 0.132. The fraction of sp³-hybridized carbons (Fsp3) is 0.722. The Labute approximate surface area is 163 Å². The normalized spacial score (nSPS) is 19.7. The van der Waals surface area contributed by atoms with E-state index in [1.54, 1.807) is 6.26 Å². The van der Waals surface area contributed by atoms with Crippen LogP contribution in [0.5, 0.6) is 0 Å². The van der Waals surface area contributed by atoms with Crippen molar-refractivity contribution in [3.8, 4) is 0 Å². The predicted molar refractivity (Wildman–Crippen MR) is 111 cm³/mol. The summed E-state index contributed by atoms with van der Waals surface area (Å²) in [6.45, 7) is 11.1. The van der Waals surface area contributed by atoms with Crippen LogP contribution in [-0.2, 0) is 6.42 Å². The number of nitrogens with one attached hydrogen (secondary N) is 2. The van der Waals surface area contributed by atoms with Crippen molar-refractivity contribution >= 4 is 29.9 Å². The van der Waals surface area contributed by atoms with Crippen molar-refractivity contribution < 1.29 is 4.42 Å². The van der Waals surface area contributed by atoms with Gasteiger partial charge in [-0.2, -0.15) is 0 Å². The number of hydrogen-bond acceptors (Lipinski definition) is 3. The van der Waals surface area contributed by atoms with Crippen LogP contribution in [0.15, 0.2) is 27.8 Å². The van der Waals surface area contributed by atoms with E-state index in [0.29, 0.717) is 0 Å². The SMILES string of the molecule is CN=C(NCCc1ccco1)NCC(C)(C)N1CCCC(C)C1.I. The highest BCUT2D eigenvalue weighted by Gasteiger charge is 2.30. The van der Waals surface area contributed by atoms with Gasteiger partial charge in [-0.25, -0.2) is 0 Å². The maximum atomic E-state index is 5.35. The van der Waals surface area contributed by atoms with Crippen LogP contribution in [0.4, 0.5) is 0 Å². The van der Waals surface area contributed by atoms with E-state index in [-0.39, 0.29) is 29.5 Å². The zero-order chi connectivity index (χ0) is 16.7. The van der Waals surface area contributed by atoms with E-state index in [1.807, 2.05) is 19.2 Å². The molecular formula is C18H33IN4O. The van der Waals surface area contributed by atoms with Gasteiger partial charge in [-0.3, -0.25) is 9.89 Å². The molecule has 2 rings (SSSR count). The molecule has 1 fully saturated rings. The molecule has 0 spiro atoms. The first-order valence-electron chi connectivity index (χ1n) is 8.73. The van der Waals surface area contributed by atoms with Gasteiger partial charge < -0.3 is 15.1 Å². The number of hydrogen-bond donors (Lipinski definition) is 2. The van der Waals surface area contributed by atoms with Gasteiger partial charge in [-0.1, -0.05) is 6.92 Å². The largest absolute Gasteiger partial charge is 0.469 e. The van der Waals surface area contributed by atoms with Crippen molar-refractivity contribution in [3.63, 3.8) is 0 Å². The van der Waals surface area contributed by atoms with E-state index in [2.05, 4.69) is 41.3 Å². The highest BCUT2D eigenvalue weighted by molar-refractivity contribution is 14.0. The van der Waals surface area contributed by atoms with Gasteiger partial charge in [0.05, 0.1) is 6.26 Å². The minimum absolute atomic E-state index is 0. The summed E-state index contributed by atoms with van der Waals surface area (Å²) in [5.74, 6) is 2.65. The Bertz CT molecular complexity index is 487. The van der Waals surface area contributed by atoms with Crippen molar-refractivity contribution in [1.82, 2.24) is 15.5 Å². The second kappa shape index (κ2) is 10.3. The molecule has 0 saturated carbocycles. The third-order valence-corrected chi connectivity index (χ3v) is 4.67. The lowest BCUT2D eigenvalue weighted by Crippen LogP contribution is -2.56. The van der Waals surface area contributed by atoms with Crippen LogP contribution in [0.2, 0.25) is 0 Å². The Balaban J connectivity index is 0.00000288. The molecule has 0 aromatic carbocycles. The topological polar surface area (TPSA) is 52.8 Å². The van der Waals surface area contributed by atoms with E-state index in [1.165, 1.54) is 25.9 Å². The molecule has 6 heteroatoms. The Morgan fingerprint density at radius 1 is 1.42 bits per heavy atom. The van der Waals surface area contributed by atoms with Crippen LogP contribution in [0.25, 0.3) is 0 Å². The fourth-order valence-electron chi connectivity index (χ4n) is 3.13. The quantitative estimate of drug-likeness (QED) is 0.399. The van der Waals surface area contributed by atoms with Crippen molar-refractivity contribution in [1.29, 1.82) is 0 Å². The Morgan fingerprint density at radius 2 is 2.21 bits per heavy atom. The van der Waals surface area contributed by atoms with E-state index in [9.17, 15) is 0 Å². The summed E-state index contributed by atoms with van der Waals surface area (Å²) in [6.07, 6.45) is 5.24. The summed E-state index contributed by atoms with van der Waals surface area (Å²) >= 11 is 0. The van der Waals surface area contributed by atoms with Gasteiger partial charge in [0.1, 0.15) is 5.76 Å². The summed E-state index contributed by atoms with van der Waals surface area (Å²) in [5, 5.41) is 6.82. The number of aliphatic imine (C=N–C) groups is 1. The van der Waals surface area contributed by atoms with Crippen molar-refractivity contribution in [3.05, 3.63) is 24.2 Å². The first-order chi connectivity index (χ1) is 11.0. The lowest BCUT2D eigenvalue weighted by molar-refractivity contribution is 0.0739. The second-order valence-electron chi connectivity index (χ2n) is 7.19. The minimum atomic E-state index is 0. The zero-order valence-electron chi connectivity index (χ0n) is 15.5. The third kappa shape index (κ3) is 6.63. The molecule has 1 saturated heterocycles. The zero-order valence-corrected chi connectivity index (χ0v) is 17.8. The molecule has 2 N–H and O–H groups in total. The summed E-state index contributed by atoms with van der Waals surface area (Å²) in [6, 6.07) is 3.92. The molecule has 5 nitrogen and oxygen atoms in total. The predicted octanol–water partition coefficient (Wildman–Crippen LogP) is 3.12.